The minimum Gasteiger partial charge on any atom is -0.507 e. The summed E-state index contributed by atoms with van der Waals surface area (Å²) in [5, 5.41) is 11.2. The summed E-state index contributed by atoms with van der Waals surface area (Å²) in [4.78, 5) is 2.35. The van der Waals surface area contributed by atoms with Crippen LogP contribution in [-0.2, 0) is 13.0 Å². The van der Waals surface area contributed by atoms with E-state index < -0.39 is 0 Å². The Balaban J connectivity index is 1.79. The molecule has 0 amide bonds. The molecule has 3 aromatic rings. The Labute approximate surface area is 187 Å². The van der Waals surface area contributed by atoms with E-state index in [2.05, 4.69) is 23.1 Å². The van der Waals surface area contributed by atoms with Gasteiger partial charge in [-0.25, -0.2) is 0 Å². The number of nitrogens with zero attached hydrogens (tertiary/aromatic N) is 1. The van der Waals surface area contributed by atoms with Gasteiger partial charge in [-0.1, -0.05) is 29.8 Å². The minimum absolute atomic E-state index is 0.0382. The zero-order chi connectivity index (χ0) is 22.0. The highest BCUT2D eigenvalue weighted by Crippen LogP contribution is 2.42. The predicted molar refractivity (Wildman–Crippen MR) is 122 cm³/mol. The maximum absolute atomic E-state index is 10.5. The van der Waals surface area contributed by atoms with Crippen LogP contribution < -0.4 is 14.2 Å². The molecule has 31 heavy (non-hydrogen) atoms. The third kappa shape index (κ3) is 4.29. The number of hydrogen-bond acceptors (Lipinski definition) is 5. The van der Waals surface area contributed by atoms with Crippen molar-refractivity contribution in [3.05, 3.63) is 81.9 Å². The van der Waals surface area contributed by atoms with Gasteiger partial charge in [0.1, 0.15) is 11.5 Å². The molecule has 0 radical (unpaired) electrons. The number of halogens is 1. The maximum atomic E-state index is 10.5. The van der Waals surface area contributed by atoms with Crippen molar-refractivity contribution >= 4 is 11.6 Å². The van der Waals surface area contributed by atoms with E-state index in [1.54, 1.807) is 27.4 Å². The topological polar surface area (TPSA) is 51.2 Å². The fraction of sp³-hybridized carbons (Fsp3) is 0.280. The van der Waals surface area contributed by atoms with Crippen molar-refractivity contribution in [2.75, 3.05) is 27.9 Å². The van der Waals surface area contributed by atoms with E-state index in [0.717, 1.165) is 35.4 Å². The quantitative estimate of drug-likeness (QED) is 0.570. The first-order chi connectivity index (χ1) is 15.0. The van der Waals surface area contributed by atoms with Crippen LogP contribution in [0.5, 0.6) is 23.0 Å². The molecule has 6 heteroatoms. The van der Waals surface area contributed by atoms with E-state index in [9.17, 15) is 5.11 Å². The Bertz CT molecular complexity index is 1090. The van der Waals surface area contributed by atoms with Crippen molar-refractivity contribution in [1.29, 1.82) is 0 Å². The molecule has 1 aliphatic rings. The zero-order valence-electron chi connectivity index (χ0n) is 17.9. The first-order valence-electron chi connectivity index (χ1n) is 10.1. The lowest BCUT2D eigenvalue weighted by atomic mass is 9.87. The van der Waals surface area contributed by atoms with Gasteiger partial charge in [-0.05, 0) is 53.4 Å². The van der Waals surface area contributed by atoms with Crippen molar-refractivity contribution in [1.82, 2.24) is 4.90 Å². The number of methoxy groups -OCH3 is 3. The molecule has 1 N–H and O–H groups in total. The second-order valence-electron chi connectivity index (χ2n) is 7.58. The van der Waals surface area contributed by atoms with Crippen LogP contribution >= 0.6 is 11.6 Å². The fourth-order valence-corrected chi connectivity index (χ4v) is 4.46. The summed E-state index contributed by atoms with van der Waals surface area (Å²) in [6.07, 6.45) is 0.865. The SMILES string of the molecule is COc1ccc(CN2CCc3cc(OC)c(OC)cc3[C@@H]2c2cccc(Cl)c2)c(O)c1. The molecule has 162 valence electrons. The number of aromatic hydroxyl groups is 1. The molecule has 0 bridgehead atoms. The van der Waals surface area contributed by atoms with Gasteiger partial charge < -0.3 is 19.3 Å². The highest BCUT2D eigenvalue weighted by Gasteiger charge is 2.31. The van der Waals surface area contributed by atoms with E-state index in [-0.39, 0.29) is 11.8 Å². The number of ether oxygens (including phenoxy) is 3. The van der Waals surface area contributed by atoms with Crippen LogP contribution in [-0.4, -0.2) is 37.9 Å². The molecule has 0 unspecified atom stereocenters. The Kier molecular flexibility index (Phi) is 6.25. The molecular weight excluding hydrogens is 414 g/mol. The number of fused-ring (bicyclic) bond motifs is 1. The van der Waals surface area contributed by atoms with Gasteiger partial charge in [-0.3, -0.25) is 4.90 Å². The summed E-state index contributed by atoms with van der Waals surface area (Å²) < 4.78 is 16.3. The van der Waals surface area contributed by atoms with Gasteiger partial charge in [0, 0.05) is 29.7 Å². The summed E-state index contributed by atoms with van der Waals surface area (Å²) in [6.45, 7) is 1.41. The number of hydrogen-bond donors (Lipinski definition) is 1. The molecule has 0 aliphatic carbocycles. The van der Waals surface area contributed by atoms with Crippen LogP contribution in [0.3, 0.4) is 0 Å². The Morgan fingerprint density at radius 2 is 1.74 bits per heavy atom. The highest BCUT2D eigenvalue weighted by atomic mass is 35.5. The van der Waals surface area contributed by atoms with E-state index in [4.69, 9.17) is 25.8 Å². The number of phenolic OH excluding ortho intramolecular Hbond substituents is 1. The molecule has 0 fully saturated rings. The Hall–Kier alpha value is -2.89. The average Bonchev–Trinajstić information content (AvgIpc) is 2.79. The Morgan fingerprint density at radius 3 is 2.42 bits per heavy atom. The molecule has 0 saturated heterocycles. The van der Waals surface area contributed by atoms with Gasteiger partial charge >= 0.3 is 0 Å². The lowest BCUT2D eigenvalue weighted by molar-refractivity contribution is 0.201. The van der Waals surface area contributed by atoms with Crippen molar-refractivity contribution in [2.45, 2.75) is 19.0 Å². The van der Waals surface area contributed by atoms with E-state index in [0.29, 0.717) is 23.1 Å². The number of phenols is 1. The van der Waals surface area contributed by atoms with Crippen LogP contribution in [0.25, 0.3) is 0 Å². The van der Waals surface area contributed by atoms with Gasteiger partial charge in [0.25, 0.3) is 0 Å². The van der Waals surface area contributed by atoms with E-state index >= 15 is 0 Å². The first-order valence-corrected chi connectivity index (χ1v) is 10.5. The van der Waals surface area contributed by atoms with E-state index in [1.165, 1.54) is 5.56 Å². The lowest BCUT2D eigenvalue weighted by Gasteiger charge is -2.38. The molecule has 1 atom stereocenters. The van der Waals surface area contributed by atoms with Gasteiger partial charge in [0.2, 0.25) is 0 Å². The predicted octanol–water partition coefficient (Wildman–Crippen LogP) is 5.22. The fourth-order valence-electron chi connectivity index (χ4n) is 4.26. The molecule has 4 rings (SSSR count). The van der Waals surface area contributed by atoms with Crippen LogP contribution in [0.4, 0.5) is 0 Å². The third-order valence-electron chi connectivity index (χ3n) is 5.80. The summed E-state index contributed by atoms with van der Waals surface area (Å²) >= 11 is 6.35. The molecule has 3 aromatic carbocycles. The summed E-state index contributed by atoms with van der Waals surface area (Å²) in [7, 11) is 4.89. The largest absolute Gasteiger partial charge is 0.507 e. The summed E-state index contributed by atoms with van der Waals surface area (Å²) in [6, 6.07) is 17.4. The van der Waals surface area contributed by atoms with Crippen molar-refractivity contribution in [3.63, 3.8) is 0 Å². The maximum Gasteiger partial charge on any atom is 0.161 e. The summed E-state index contributed by atoms with van der Waals surface area (Å²) in [5.41, 5.74) is 4.31. The van der Waals surface area contributed by atoms with Gasteiger partial charge in [0.15, 0.2) is 11.5 Å². The molecule has 0 saturated carbocycles. The van der Waals surface area contributed by atoms with Crippen LogP contribution in [0.2, 0.25) is 5.02 Å². The Morgan fingerprint density at radius 1 is 0.968 bits per heavy atom. The molecule has 1 aliphatic heterocycles. The monoisotopic (exact) mass is 439 g/mol. The van der Waals surface area contributed by atoms with E-state index in [1.807, 2.05) is 30.3 Å². The smallest absolute Gasteiger partial charge is 0.161 e. The lowest BCUT2D eigenvalue weighted by Crippen LogP contribution is -2.35. The standard InChI is InChI=1S/C25H26ClNO4/c1-29-20-8-7-18(22(28)13-20)15-27-10-9-16-12-23(30-2)24(31-3)14-21(16)25(27)17-5-4-6-19(26)11-17/h4-8,11-14,25,28H,9-10,15H2,1-3H3/t25-/m0/s1. The van der Waals surface area contributed by atoms with Crippen LogP contribution in [0.1, 0.15) is 28.3 Å². The average molecular weight is 440 g/mol. The second-order valence-corrected chi connectivity index (χ2v) is 8.02. The number of benzene rings is 3. The number of rotatable bonds is 6. The van der Waals surface area contributed by atoms with Crippen LogP contribution in [0.15, 0.2) is 54.6 Å². The van der Waals surface area contributed by atoms with Crippen molar-refractivity contribution in [3.8, 4) is 23.0 Å². The van der Waals surface area contributed by atoms with Crippen molar-refractivity contribution < 1.29 is 19.3 Å². The zero-order valence-corrected chi connectivity index (χ0v) is 18.6. The third-order valence-corrected chi connectivity index (χ3v) is 6.04. The molecule has 1 heterocycles. The minimum atomic E-state index is -0.0382. The molecule has 0 aromatic heterocycles. The molecule has 0 spiro atoms. The molecular formula is C25H26ClNO4. The molecule has 5 nitrogen and oxygen atoms in total. The highest BCUT2D eigenvalue weighted by molar-refractivity contribution is 6.30. The summed E-state index contributed by atoms with van der Waals surface area (Å²) in [5.74, 6) is 2.28. The van der Waals surface area contributed by atoms with Gasteiger partial charge in [-0.2, -0.15) is 0 Å². The van der Waals surface area contributed by atoms with Crippen molar-refractivity contribution in [2.24, 2.45) is 0 Å². The first kappa shape index (κ1) is 21.3. The normalized spacial score (nSPS) is 15.9. The second kappa shape index (κ2) is 9.08. The van der Waals surface area contributed by atoms with Crippen LogP contribution in [0, 0.1) is 0 Å². The van der Waals surface area contributed by atoms with Gasteiger partial charge in [0.05, 0.1) is 27.4 Å². The van der Waals surface area contributed by atoms with Gasteiger partial charge in [-0.15, -0.1) is 0 Å².